The van der Waals surface area contributed by atoms with Gasteiger partial charge in [-0.1, -0.05) is 36.4 Å². The highest BCUT2D eigenvalue weighted by Crippen LogP contribution is 2.36. The van der Waals surface area contributed by atoms with E-state index in [9.17, 15) is 13.6 Å². The zero-order chi connectivity index (χ0) is 17.8. The first-order valence-corrected chi connectivity index (χ1v) is 8.76. The van der Waals surface area contributed by atoms with Crippen LogP contribution in [-0.4, -0.2) is 13.1 Å². The quantitative estimate of drug-likeness (QED) is 0.493. The third kappa shape index (κ3) is 3.42. The molecule has 0 bridgehead atoms. The molecule has 0 aromatic heterocycles. The third-order valence-electron chi connectivity index (χ3n) is 3.61. The number of hydrogen-bond acceptors (Lipinski definition) is 2. The van der Waals surface area contributed by atoms with Crippen molar-refractivity contribution in [3.8, 4) is 0 Å². The minimum Gasteiger partial charge on any atom is -0.465 e. The van der Waals surface area contributed by atoms with Gasteiger partial charge in [0.05, 0.1) is 7.11 Å². The van der Waals surface area contributed by atoms with Gasteiger partial charge in [0.1, 0.15) is 16.5 Å². The summed E-state index contributed by atoms with van der Waals surface area (Å²) in [5, 5.41) is 0. The maximum absolute atomic E-state index is 14.5. The van der Waals surface area contributed by atoms with Gasteiger partial charge in [-0.15, -0.1) is 0 Å². The molecule has 3 aromatic carbocycles. The number of ether oxygens (including phenoxy) is 1. The first kappa shape index (κ1) is 17.2. The molecule has 0 heterocycles. The van der Waals surface area contributed by atoms with Gasteiger partial charge in [-0.2, -0.15) is 0 Å². The normalized spacial score (nSPS) is 11.8. The number of rotatable bonds is 4. The molecule has 2 nitrogen and oxygen atoms in total. The molecule has 0 aliphatic heterocycles. The van der Waals surface area contributed by atoms with Gasteiger partial charge in [-0.3, -0.25) is 0 Å². The van der Waals surface area contributed by atoms with E-state index < -0.39 is 28.5 Å². The Morgan fingerprint density at radius 3 is 2.08 bits per heavy atom. The first-order chi connectivity index (χ1) is 12.1. The lowest BCUT2D eigenvalue weighted by Gasteiger charge is -2.12. The summed E-state index contributed by atoms with van der Waals surface area (Å²) in [4.78, 5) is 13.3. The van der Waals surface area contributed by atoms with E-state index in [0.29, 0.717) is 15.4 Å². The molecule has 3 aromatic rings. The lowest BCUT2D eigenvalue weighted by Crippen LogP contribution is -2.14. The highest BCUT2D eigenvalue weighted by atomic mass is 32.2. The summed E-state index contributed by atoms with van der Waals surface area (Å²) in [6.45, 7) is 0. The molecule has 5 heteroatoms. The summed E-state index contributed by atoms with van der Waals surface area (Å²) >= 11 is 0. The molecular formula is C20H15F2O2S+. The number of benzene rings is 3. The molecule has 0 N–H and O–H groups in total. The molecule has 0 saturated heterocycles. The van der Waals surface area contributed by atoms with Crippen LogP contribution in [0.5, 0.6) is 0 Å². The second-order valence-corrected chi connectivity index (χ2v) is 7.09. The van der Waals surface area contributed by atoms with Gasteiger partial charge in [-0.05, 0) is 36.4 Å². The zero-order valence-electron chi connectivity index (χ0n) is 13.4. The van der Waals surface area contributed by atoms with Gasteiger partial charge in [0, 0.05) is 0 Å². The Labute approximate surface area is 147 Å². The summed E-state index contributed by atoms with van der Waals surface area (Å²) in [7, 11) is 0.159. The number of methoxy groups -OCH3 is 1. The number of hydrogen-bond donors (Lipinski definition) is 0. The smallest absolute Gasteiger partial charge is 0.343 e. The third-order valence-corrected chi connectivity index (χ3v) is 5.95. The predicted molar refractivity (Wildman–Crippen MR) is 92.7 cm³/mol. The van der Waals surface area contributed by atoms with E-state index >= 15 is 0 Å². The minimum atomic E-state index is -1.12. The number of halogens is 2. The lowest BCUT2D eigenvalue weighted by molar-refractivity contribution is 0.0596. The summed E-state index contributed by atoms with van der Waals surface area (Å²) < 4.78 is 33.9. The molecule has 3 rings (SSSR count). The van der Waals surface area contributed by atoms with Crippen LogP contribution in [0, 0.1) is 11.6 Å². The molecular weight excluding hydrogens is 342 g/mol. The summed E-state index contributed by atoms with van der Waals surface area (Å²) in [5.74, 6) is -1.83. The SMILES string of the molecule is COC(=O)c1ccccc1[S+](c1ccccc1)c1c(F)cccc1F. The van der Waals surface area contributed by atoms with Crippen LogP contribution in [0.4, 0.5) is 8.78 Å². The van der Waals surface area contributed by atoms with Crippen LogP contribution in [-0.2, 0) is 15.6 Å². The van der Waals surface area contributed by atoms with Crippen LogP contribution in [0.25, 0.3) is 0 Å². The molecule has 0 amide bonds. The molecule has 0 aliphatic carbocycles. The zero-order valence-corrected chi connectivity index (χ0v) is 14.2. The summed E-state index contributed by atoms with van der Waals surface area (Å²) in [6, 6.07) is 19.5. The van der Waals surface area contributed by atoms with Crippen molar-refractivity contribution in [1.82, 2.24) is 0 Å². The number of carbonyl (C=O) groups excluding carboxylic acids is 1. The van der Waals surface area contributed by atoms with E-state index in [1.54, 1.807) is 48.5 Å². The van der Waals surface area contributed by atoms with Crippen molar-refractivity contribution in [2.45, 2.75) is 14.7 Å². The lowest BCUT2D eigenvalue weighted by atomic mass is 10.2. The van der Waals surface area contributed by atoms with Gasteiger partial charge < -0.3 is 4.74 Å². The maximum atomic E-state index is 14.5. The second-order valence-electron chi connectivity index (χ2n) is 5.16. The topological polar surface area (TPSA) is 26.3 Å². The standard InChI is InChI=1S/C20H15F2O2S/c1-24-20(23)15-10-5-6-13-18(15)25(14-8-3-2-4-9-14)19-16(21)11-7-12-17(19)22/h2-13H,1H3/q+1. The molecule has 0 aliphatic rings. The fourth-order valence-electron chi connectivity index (χ4n) is 2.51. The van der Waals surface area contributed by atoms with E-state index in [1.165, 1.54) is 25.3 Å². The van der Waals surface area contributed by atoms with Crippen molar-refractivity contribution in [2.24, 2.45) is 0 Å². The van der Waals surface area contributed by atoms with Crippen LogP contribution in [0.2, 0.25) is 0 Å². The Balaban J connectivity index is 2.30. The van der Waals surface area contributed by atoms with Crippen LogP contribution in [0.15, 0.2) is 87.5 Å². The van der Waals surface area contributed by atoms with Crippen molar-refractivity contribution in [1.29, 1.82) is 0 Å². The van der Waals surface area contributed by atoms with Gasteiger partial charge in [0.15, 0.2) is 21.4 Å². The Morgan fingerprint density at radius 2 is 1.44 bits per heavy atom. The van der Waals surface area contributed by atoms with Crippen molar-refractivity contribution in [3.05, 3.63) is 90.0 Å². The molecule has 0 spiro atoms. The second kappa shape index (κ2) is 7.49. The van der Waals surface area contributed by atoms with Crippen molar-refractivity contribution < 1.29 is 18.3 Å². The Bertz CT molecular complexity index is 877. The predicted octanol–water partition coefficient (Wildman–Crippen LogP) is 4.85. The molecule has 126 valence electrons. The van der Waals surface area contributed by atoms with Gasteiger partial charge in [-0.25, -0.2) is 13.6 Å². The molecule has 0 fully saturated rings. The fourth-order valence-corrected chi connectivity index (χ4v) is 4.76. The maximum Gasteiger partial charge on any atom is 0.343 e. The van der Waals surface area contributed by atoms with E-state index in [-0.39, 0.29) is 4.90 Å². The molecule has 0 radical (unpaired) electrons. The minimum absolute atomic E-state index is 0.0648. The monoisotopic (exact) mass is 357 g/mol. The average molecular weight is 357 g/mol. The highest BCUT2D eigenvalue weighted by Gasteiger charge is 2.38. The largest absolute Gasteiger partial charge is 0.465 e. The number of esters is 1. The van der Waals surface area contributed by atoms with Gasteiger partial charge >= 0.3 is 5.97 Å². The number of carbonyl (C=O) groups is 1. The van der Waals surface area contributed by atoms with Gasteiger partial charge in [0.2, 0.25) is 4.90 Å². The first-order valence-electron chi connectivity index (χ1n) is 7.54. The summed E-state index contributed by atoms with van der Waals surface area (Å²) in [6.07, 6.45) is 0. The molecule has 0 saturated carbocycles. The van der Waals surface area contributed by atoms with E-state index in [1.807, 2.05) is 6.07 Å². The van der Waals surface area contributed by atoms with Crippen LogP contribution < -0.4 is 0 Å². The van der Waals surface area contributed by atoms with E-state index in [0.717, 1.165) is 0 Å². The van der Waals surface area contributed by atoms with Gasteiger partial charge in [0.25, 0.3) is 0 Å². The Kier molecular flexibility index (Phi) is 5.14. The fraction of sp³-hybridized carbons (Fsp3) is 0.0500. The molecule has 1 unspecified atom stereocenters. The van der Waals surface area contributed by atoms with E-state index in [4.69, 9.17) is 4.74 Å². The van der Waals surface area contributed by atoms with Crippen molar-refractivity contribution >= 4 is 16.9 Å². The van der Waals surface area contributed by atoms with Crippen molar-refractivity contribution in [2.75, 3.05) is 7.11 Å². The van der Waals surface area contributed by atoms with Crippen LogP contribution in [0.1, 0.15) is 10.4 Å². The van der Waals surface area contributed by atoms with Crippen molar-refractivity contribution in [3.63, 3.8) is 0 Å². The summed E-state index contributed by atoms with van der Waals surface area (Å²) in [5.41, 5.74) is 0.292. The Morgan fingerprint density at radius 1 is 0.840 bits per heavy atom. The molecule has 25 heavy (non-hydrogen) atoms. The van der Waals surface area contributed by atoms with Crippen LogP contribution in [0.3, 0.4) is 0 Å². The van der Waals surface area contributed by atoms with E-state index in [2.05, 4.69) is 0 Å². The molecule has 1 atom stereocenters. The Hall–Kier alpha value is -2.66. The van der Waals surface area contributed by atoms with Crippen LogP contribution >= 0.6 is 0 Å². The average Bonchev–Trinajstić information content (AvgIpc) is 2.65. The highest BCUT2D eigenvalue weighted by molar-refractivity contribution is 7.97.